The molecule has 3 aliphatic rings. The predicted octanol–water partition coefficient (Wildman–Crippen LogP) is 5.57. The van der Waals surface area contributed by atoms with Crippen molar-refractivity contribution in [3.63, 3.8) is 0 Å². The van der Waals surface area contributed by atoms with Gasteiger partial charge in [0.2, 0.25) is 0 Å². The number of esters is 2. The molecule has 42 heavy (non-hydrogen) atoms. The number of aliphatic hydroxyl groups is 3. The van der Waals surface area contributed by atoms with Gasteiger partial charge in [-0.25, -0.2) is 0 Å². The molecule has 1 aromatic carbocycles. The minimum Gasteiger partial charge on any atom is -0.458 e. The second-order valence-electron chi connectivity index (χ2n) is 14.7. The summed E-state index contributed by atoms with van der Waals surface area (Å²) in [6, 6.07) is 8.47. The zero-order valence-electron chi connectivity index (χ0n) is 27.1. The maximum Gasteiger partial charge on any atom is 0.303 e. The maximum atomic E-state index is 12.8. The van der Waals surface area contributed by atoms with E-state index in [9.17, 15) is 24.9 Å². The summed E-state index contributed by atoms with van der Waals surface area (Å²) in [6.45, 7) is 16.7. The second-order valence-corrected chi connectivity index (χ2v) is 14.7. The summed E-state index contributed by atoms with van der Waals surface area (Å²) in [7, 11) is 0. The number of hydrogen-bond donors (Lipinski definition) is 3. The van der Waals surface area contributed by atoms with Crippen LogP contribution in [-0.4, -0.2) is 57.3 Å². The Morgan fingerprint density at radius 1 is 1.00 bits per heavy atom. The fourth-order valence-corrected chi connectivity index (χ4v) is 10.1. The summed E-state index contributed by atoms with van der Waals surface area (Å²) in [5, 5.41) is 36.1. The number of aryl methyl sites for hydroxylation is 1. The number of ether oxygens (including phenoxy) is 2. The van der Waals surface area contributed by atoms with Crippen molar-refractivity contribution in [1.82, 2.24) is 0 Å². The average Bonchev–Trinajstić information content (AvgIpc) is 2.91. The van der Waals surface area contributed by atoms with E-state index in [2.05, 4.69) is 52.0 Å². The van der Waals surface area contributed by atoms with Gasteiger partial charge in [0.25, 0.3) is 0 Å². The van der Waals surface area contributed by atoms with Crippen LogP contribution < -0.4 is 0 Å². The first-order valence-electron chi connectivity index (χ1n) is 16.0. The van der Waals surface area contributed by atoms with Gasteiger partial charge in [-0.05, 0) is 79.7 Å². The van der Waals surface area contributed by atoms with Gasteiger partial charge in [0.15, 0.2) is 0 Å². The molecule has 0 radical (unpaired) electrons. The van der Waals surface area contributed by atoms with Gasteiger partial charge in [-0.2, -0.15) is 0 Å². The van der Waals surface area contributed by atoms with Gasteiger partial charge in [0.05, 0.1) is 23.2 Å². The number of hydrogen-bond acceptors (Lipinski definition) is 7. The Morgan fingerprint density at radius 2 is 1.60 bits per heavy atom. The van der Waals surface area contributed by atoms with Crippen LogP contribution >= 0.6 is 0 Å². The van der Waals surface area contributed by atoms with E-state index in [0.29, 0.717) is 19.3 Å². The zero-order chi connectivity index (χ0) is 31.4. The van der Waals surface area contributed by atoms with Crippen LogP contribution in [0.3, 0.4) is 0 Å². The van der Waals surface area contributed by atoms with Crippen LogP contribution in [0.2, 0.25) is 0 Å². The Morgan fingerprint density at radius 3 is 2.17 bits per heavy atom. The molecule has 0 aromatic heterocycles. The Labute approximate surface area is 252 Å². The van der Waals surface area contributed by atoms with Crippen molar-refractivity contribution >= 4 is 11.9 Å². The van der Waals surface area contributed by atoms with E-state index in [0.717, 1.165) is 19.3 Å². The average molecular weight is 587 g/mol. The third-order valence-electron chi connectivity index (χ3n) is 12.3. The Balaban J connectivity index is 1.84. The summed E-state index contributed by atoms with van der Waals surface area (Å²) >= 11 is 0. The minimum atomic E-state index is -1.27. The molecule has 3 saturated carbocycles. The van der Waals surface area contributed by atoms with Crippen molar-refractivity contribution in [2.75, 3.05) is 0 Å². The number of carbonyl (C=O) groups excluding carboxylic acids is 2. The quantitative estimate of drug-likeness (QED) is 0.358. The highest BCUT2D eigenvalue weighted by Crippen LogP contribution is 2.70. The van der Waals surface area contributed by atoms with E-state index in [1.165, 1.54) is 25.0 Å². The zero-order valence-corrected chi connectivity index (χ0v) is 27.1. The fourth-order valence-electron chi connectivity index (χ4n) is 10.1. The van der Waals surface area contributed by atoms with Crippen LogP contribution in [0, 0.1) is 34.0 Å². The highest BCUT2D eigenvalue weighted by molar-refractivity contribution is 5.67. The van der Waals surface area contributed by atoms with Crippen molar-refractivity contribution in [3.8, 4) is 0 Å². The fraction of sp³-hybridized carbons (Fsp3) is 0.771. The highest BCUT2D eigenvalue weighted by Gasteiger charge is 2.73. The number of fused-ring (bicyclic) bond motifs is 3. The lowest BCUT2D eigenvalue weighted by Crippen LogP contribution is -2.75. The molecule has 0 aliphatic heterocycles. The maximum absolute atomic E-state index is 12.8. The lowest BCUT2D eigenvalue weighted by molar-refractivity contribution is -0.314. The molecular weight excluding hydrogens is 532 g/mol. The van der Waals surface area contributed by atoms with Crippen LogP contribution in [0.5, 0.6) is 0 Å². The van der Waals surface area contributed by atoms with E-state index in [4.69, 9.17) is 9.47 Å². The summed E-state index contributed by atoms with van der Waals surface area (Å²) in [5.41, 5.74) is -0.975. The van der Waals surface area contributed by atoms with Crippen LogP contribution in [0.25, 0.3) is 0 Å². The molecule has 0 spiro atoms. The van der Waals surface area contributed by atoms with Crippen LogP contribution in [0.1, 0.15) is 111 Å². The first-order chi connectivity index (χ1) is 19.5. The van der Waals surface area contributed by atoms with Crippen LogP contribution in [-0.2, 0) is 25.5 Å². The van der Waals surface area contributed by atoms with Crippen molar-refractivity contribution in [3.05, 3.63) is 35.4 Å². The van der Waals surface area contributed by atoms with Gasteiger partial charge in [-0.1, -0.05) is 65.8 Å². The third-order valence-corrected chi connectivity index (χ3v) is 12.3. The summed E-state index contributed by atoms with van der Waals surface area (Å²) in [6.07, 6.45) is 0.371. The molecule has 1 aromatic rings. The topological polar surface area (TPSA) is 113 Å². The van der Waals surface area contributed by atoms with Crippen molar-refractivity contribution in [2.45, 2.75) is 137 Å². The predicted molar refractivity (Wildman–Crippen MR) is 162 cm³/mol. The number of benzene rings is 1. The van der Waals surface area contributed by atoms with Gasteiger partial charge in [-0.15, -0.1) is 0 Å². The van der Waals surface area contributed by atoms with Crippen LogP contribution in [0.15, 0.2) is 24.3 Å². The lowest BCUT2D eigenvalue weighted by Gasteiger charge is -2.70. The van der Waals surface area contributed by atoms with Gasteiger partial charge in [0.1, 0.15) is 12.2 Å². The standard InChI is InChI=1S/C35H54O7/c1-10-25-13-11-12-14-26(25)20(2)19-35(40)21(3)15-17-32(7)27(35)16-18-33(8)29(32)28(41-23(5)37)30(42-24(6)38)34(9,22(4)36)31(33)39/h11-14,20-22,27-31,36,39-40H,10,15-19H2,1-9H3. The van der Waals surface area contributed by atoms with E-state index in [-0.39, 0.29) is 17.8 Å². The van der Waals surface area contributed by atoms with Crippen molar-refractivity contribution in [1.29, 1.82) is 0 Å². The molecule has 3 fully saturated rings. The number of carbonyl (C=O) groups is 2. The number of aliphatic hydroxyl groups excluding tert-OH is 2. The van der Waals surface area contributed by atoms with Crippen molar-refractivity contribution in [2.24, 2.45) is 34.0 Å². The molecule has 3 N–H and O–H groups in total. The van der Waals surface area contributed by atoms with Crippen molar-refractivity contribution < 1.29 is 34.4 Å². The third kappa shape index (κ3) is 5.01. The summed E-state index contributed by atoms with van der Waals surface area (Å²) < 4.78 is 12.0. The number of rotatable bonds is 7. The molecule has 4 rings (SSSR count). The Kier molecular flexibility index (Phi) is 9.03. The minimum absolute atomic E-state index is 0.0591. The molecule has 0 heterocycles. The Bertz CT molecular complexity index is 1170. The molecule has 12 unspecified atom stereocenters. The molecule has 7 nitrogen and oxygen atoms in total. The molecular formula is C35H54O7. The summed E-state index contributed by atoms with van der Waals surface area (Å²) in [4.78, 5) is 25.1. The van der Waals surface area contributed by atoms with Gasteiger partial charge < -0.3 is 24.8 Å². The highest BCUT2D eigenvalue weighted by atomic mass is 16.6. The van der Waals surface area contributed by atoms with Gasteiger partial charge in [-0.3, -0.25) is 9.59 Å². The van der Waals surface area contributed by atoms with E-state index in [1.54, 1.807) is 13.8 Å². The largest absolute Gasteiger partial charge is 0.458 e. The SMILES string of the molecule is CCc1ccccc1C(C)CC1(O)C(C)CCC2(C)C3C(OC(C)=O)C(OC(C)=O)C(C)(C(C)O)C(O)C3(C)CCC21. The monoisotopic (exact) mass is 586 g/mol. The molecule has 0 amide bonds. The summed E-state index contributed by atoms with van der Waals surface area (Å²) in [5.74, 6) is -1.40. The second kappa shape index (κ2) is 11.5. The first kappa shape index (κ1) is 32.9. The smallest absolute Gasteiger partial charge is 0.303 e. The van der Waals surface area contributed by atoms with E-state index >= 15 is 0 Å². The molecule has 12 atom stereocenters. The molecule has 7 heteroatoms. The molecule has 0 bridgehead atoms. The molecule has 3 aliphatic carbocycles. The van der Waals surface area contributed by atoms with Gasteiger partial charge in [0, 0.05) is 25.2 Å². The van der Waals surface area contributed by atoms with E-state index in [1.807, 2.05) is 6.92 Å². The lowest BCUT2D eigenvalue weighted by atomic mass is 9.37. The van der Waals surface area contributed by atoms with Crippen LogP contribution in [0.4, 0.5) is 0 Å². The van der Waals surface area contributed by atoms with E-state index < -0.39 is 64.1 Å². The Hall–Kier alpha value is -1.96. The first-order valence-corrected chi connectivity index (χ1v) is 16.0. The van der Waals surface area contributed by atoms with Gasteiger partial charge >= 0.3 is 11.9 Å². The molecule has 236 valence electrons. The normalized spacial score (nSPS) is 43.0. The molecule has 0 saturated heterocycles.